The van der Waals surface area contributed by atoms with Gasteiger partial charge in [-0.3, -0.25) is 4.99 Å². The van der Waals surface area contributed by atoms with Gasteiger partial charge in [0.25, 0.3) is 0 Å². The zero-order chi connectivity index (χ0) is 30.9. The van der Waals surface area contributed by atoms with Gasteiger partial charge in [-0.2, -0.15) is 0 Å². The van der Waals surface area contributed by atoms with Crippen molar-refractivity contribution in [2.75, 3.05) is 45.2 Å². The molecule has 0 radical (unpaired) electrons. The summed E-state index contributed by atoms with van der Waals surface area (Å²) in [6, 6.07) is 18.3. The number of methoxy groups -OCH3 is 1. The van der Waals surface area contributed by atoms with Crippen molar-refractivity contribution in [2.45, 2.75) is 77.0 Å². The van der Waals surface area contributed by atoms with Crippen LogP contribution in [0, 0.1) is 11.3 Å². The zero-order valence-corrected chi connectivity index (χ0v) is 26.8. The van der Waals surface area contributed by atoms with Crippen molar-refractivity contribution < 1.29 is 19.0 Å². The van der Waals surface area contributed by atoms with Crippen LogP contribution < -0.4 is 15.4 Å². The highest BCUT2D eigenvalue weighted by molar-refractivity contribution is 5.89. The number of dihydropyridines is 1. The third-order valence-electron chi connectivity index (χ3n) is 9.13. The lowest BCUT2D eigenvalue weighted by molar-refractivity contribution is -0.0943. The largest absolute Gasteiger partial charge is 0.461 e. The fraction of sp³-hybridized carbons (Fsp3) is 0.556. The number of amides is 2. The van der Waals surface area contributed by atoms with Crippen LogP contribution in [0.2, 0.25) is 0 Å². The van der Waals surface area contributed by atoms with Gasteiger partial charge in [0.15, 0.2) is 0 Å². The van der Waals surface area contributed by atoms with Crippen LogP contribution in [0.3, 0.4) is 0 Å². The summed E-state index contributed by atoms with van der Waals surface area (Å²) in [6.07, 6.45) is 8.75. The van der Waals surface area contributed by atoms with E-state index in [1.54, 1.807) is 7.11 Å². The van der Waals surface area contributed by atoms with E-state index >= 15 is 0 Å². The van der Waals surface area contributed by atoms with E-state index in [-0.39, 0.29) is 35.6 Å². The number of piperidine rings is 1. The van der Waals surface area contributed by atoms with Crippen LogP contribution in [-0.4, -0.2) is 75.3 Å². The Morgan fingerprint density at radius 1 is 1.00 bits per heavy atom. The van der Waals surface area contributed by atoms with Gasteiger partial charge in [-0.1, -0.05) is 51.1 Å². The molecule has 238 valence electrons. The van der Waals surface area contributed by atoms with Crippen LogP contribution in [0.5, 0.6) is 5.75 Å². The standard InChI is InChI=1S/C36H50N4O4/c1-36(2,3)17-19-38-35(41)39-28-10-12-29(13-11-28)44-32-14-18-37-31-25-34(33(42-4)24-30(31)32)43-23-22-40-20-15-27(16-21-40)26-8-6-5-7-9-26/h5-14,18,27,30-31,33-34H,15-17,19-25H2,1-4H3,(H2,38,39,41)/t30?,31?,33-,34+/m0/s1. The predicted molar refractivity (Wildman–Crippen MR) is 177 cm³/mol. The molecule has 1 saturated carbocycles. The van der Waals surface area contributed by atoms with Gasteiger partial charge in [0.2, 0.25) is 0 Å². The van der Waals surface area contributed by atoms with E-state index in [2.05, 4.69) is 66.6 Å². The number of carbonyl (C=O) groups is 1. The Bertz CT molecular complexity index is 1250. The molecule has 1 aliphatic carbocycles. The Kier molecular flexibility index (Phi) is 11.1. The van der Waals surface area contributed by atoms with Crippen molar-refractivity contribution in [1.82, 2.24) is 10.2 Å². The van der Waals surface area contributed by atoms with Gasteiger partial charge in [0, 0.05) is 38.0 Å². The minimum atomic E-state index is -0.200. The van der Waals surface area contributed by atoms with Gasteiger partial charge in [-0.15, -0.1) is 0 Å². The topological polar surface area (TPSA) is 84.4 Å². The third kappa shape index (κ3) is 9.16. The third-order valence-corrected chi connectivity index (χ3v) is 9.13. The van der Waals surface area contributed by atoms with Crippen LogP contribution in [0.1, 0.15) is 64.4 Å². The van der Waals surface area contributed by atoms with Gasteiger partial charge in [0.1, 0.15) is 11.5 Å². The van der Waals surface area contributed by atoms with Crippen LogP contribution >= 0.6 is 0 Å². The Morgan fingerprint density at radius 3 is 2.45 bits per heavy atom. The first-order chi connectivity index (χ1) is 21.3. The van der Waals surface area contributed by atoms with E-state index in [4.69, 9.17) is 19.2 Å². The van der Waals surface area contributed by atoms with Gasteiger partial charge in [-0.05, 0) is 92.4 Å². The highest BCUT2D eigenvalue weighted by Gasteiger charge is 2.41. The minimum Gasteiger partial charge on any atom is -0.461 e. The highest BCUT2D eigenvalue weighted by Crippen LogP contribution is 2.38. The predicted octanol–water partition coefficient (Wildman–Crippen LogP) is 6.65. The van der Waals surface area contributed by atoms with Gasteiger partial charge in [0.05, 0.1) is 24.9 Å². The average Bonchev–Trinajstić information content (AvgIpc) is 3.02. The second kappa shape index (κ2) is 15.2. The number of rotatable bonds is 11. The first kappa shape index (κ1) is 32.2. The number of aliphatic imine (C=N–C) groups is 1. The van der Waals surface area contributed by atoms with Crippen LogP contribution in [-0.2, 0) is 9.47 Å². The molecule has 44 heavy (non-hydrogen) atoms. The summed E-state index contributed by atoms with van der Waals surface area (Å²) in [5.74, 6) is 2.42. The summed E-state index contributed by atoms with van der Waals surface area (Å²) < 4.78 is 18.7. The number of benzene rings is 2. The lowest BCUT2D eigenvalue weighted by atomic mass is 9.79. The first-order valence-electron chi connectivity index (χ1n) is 16.3. The van der Waals surface area contributed by atoms with Crippen LogP contribution in [0.15, 0.2) is 71.4 Å². The molecule has 0 spiro atoms. The molecule has 2 N–H and O–H groups in total. The average molecular weight is 603 g/mol. The Hall–Kier alpha value is -3.20. The van der Waals surface area contributed by atoms with Crippen molar-refractivity contribution in [1.29, 1.82) is 0 Å². The summed E-state index contributed by atoms with van der Waals surface area (Å²) >= 11 is 0. The molecular weight excluding hydrogens is 552 g/mol. The number of nitrogens with one attached hydrogen (secondary N) is 2. The molecule has 2 aromatic rings. The number of fused-ring (bicyclic) bond motifs is 1. The number of carbonyl (C=O) groups excluding carboxylic acids is 1. The van der Waals surface area contributed by atoms with E-state index < -0.39 is 0 Å². The van der Waals surface area contributed by atoms with Crippen molar-refractivity contribution >= 4 is 17.9 Å². The molecule has 2 heterocycles. The number of ether oxygens (including phenoxy) is 3. The van der Waals surface area contributed by atoms with E-state index in [1.807, 2.05) is 36.6 Å². The van der Waals surface area contributed by atoms with Gasteiger partial charge in [-0.25, -0.2) is 4.79 Å². The number of hydrogen-bond acceptors (Lipinski definition) is 6. The molecule has 4 atom stereocenters. The van der Waals surface area contributed by atoms with Crippen molar-refractivity contribution in [2.24, 2.45) is 16.3 Å². The monoisotopic (exact) mass is 602 g/mol. The molecule has 2 fully saturated rings. The molecular formula is C36H50N4O4. The molecule has 1 saturated heterocycles. The molecule has 8 nitrogen and oxygen atoms in total. The normalized spacial score (nSPS) is 24.3. The summed E-state index contributed by atoms with van der Waals surface area (Å²) in [5.41, 5.74) is 2.37. The molecule has 5 rings (SSSR count). The van der Waals surface area contributed by atoms with E-state index in [0.717, 1.165) is 56.1 Å². The summed E-state index contributed by atoms with van der Waals surface area (Å²) in [5, 5.41) is 5.81. The highest BCUT2D eigenvalue weighted by atomic mass is 16.5. The Morgan fingerprint density at radius 2 is 1.75 bits per heavy atom. The second-order valence-electron chi connectivity index (χ2n) is 13.5. The maximum atomic E-state index is 12.2. The van der Waals surface area contributed by atoms with Crippen molar-refractivity contribution in [3.05, 3.63) is 72.0 Å². The molecule has 0 aromatic heterocycles. The molecule has 2 aliphatic heterocycles. The number of likely N-dealkylation sites (tertiary alicyclic amines) is 1. The summed E-state index contributed by atoms with van der Waals surface area (Å²) in [6.45, 7) is 11.0. The lowest BCUT2D eigenvalue weighted by Gasteiger charge is -2.41. The van der Waals surface area contributed by atoms with Gasteiger partial charge >= 0.3 is 6.03 Å². The summed E-state index contributed by atoms with van der Waals surface area (Å²) in [4.78, 5) is 19.6. The fourth-order valence-electron chi connectivity index (χ4n) is 6.48. The summed E-state index contributed by atoms with van der Waals surface area (Å²) in [7, 11) is 1.77. The lowest BCUT2D eigenvalue weighted by Crippen LogP contribution is -2.46. The molecule has 3 aliphatic rings. The Balaban J connectivity index is 1.06. The molecule has 8 heteroatoms. The number of nitrogens with zero attached hydrogens (tertiary/aromatic N) is 2. The Labute approximate surface area is 263 Å². The zero-order valence-electron chi connectivity index (χ0n) is 26.8. The maximum Gasteiger partial charge on any atom is 0.319 e. The molecule has 2 amide bonds. The number of anilines is 1. The van der Waals surface area contributed by atoms with Crippen molar-refractivity contribution in [3.8, 4) is 5.75 Å². The number of urea groups is 1. The number of allylic oxidation sites excluding steroid dienone is 1. The molecule has 0 bridgehead atoms. The second-order valence-corrected chi connectivity index (χ2v) is 13.5. The molecule has 2 aromatic carbocycles. The van der Waals surface area contributed by atoms with Crippen molar-refractivity contribution in [3.63, 3.8) is 0 Å². The minimum absolute atomic E-state index is 0.0104. The van der Waals surface area contributed by atoms with Crippen LogP contribution in [0.25, 0.3) is 0 Å². The molecule has 2 unspecified atom stereocenters. The van der Waals surface area contributed by atoms with E-state index in [0.29, 0.717) is 19.1 Å². The van der Waals surface area contributed by atoms with Crippen LogP contribution in [0.4, 0.5) is 10.5 Å². The van der Waals surface area contributed by atoms with E-state index in [9.17, 15) is 4.79 Å². The first-order valence-corrected chi connectivity index (χ1v) is 16.3. The smallest absolute Gasteiger partial charge is 0.319 e. The number of hydrogen-bond donors (Lipinski definition) is 2. The maximum absolute atomic E-state index is 12.2. The SMILES string of the molecule is CO[C@H]1CC2C(Oc3ccc(NC(=O)NCCC(C)(C)C)cc3)=CC=NC2C[C@H]1OCCN1CCC(c2ccccc2)CC1. The van der Waals surface area contributed by atoms with E-state index in [1.165, 1.54) is 18.4 Å². The quantitative estimate of drug-likeness (QED) is 0.301. The van der Waals surface area contributed by atoms with Gasteiger partial charge < -0.3 is 29.7 Å². The fourth-order valence-corrected chi connectivity index (χ4v) is 6.48.